The quantitative estimate of drug-likeness (QED) is 0.533. The predicted molar refractivity (Wildman–Crippen MR) is 28.3 cm³/mol. The molecule has 1 N–H and O–H groups in total. The SMILES string of the molecule is [2H]C([2H])([2H])C([2H])([2H])CC(=O)O.[Na]. The van der Waals surface area contributed by atoms with E-state index in [9.17, 15) is 4.79 Å². The summed E-state index contributed by atoms with van der Waals surface area (Å²) in [6, 6.07) is 0. The van der Waals surface area contributed by atoms with Crippen LogP contribution in [-0.4, -0.2) is 40.6 Å². The monoisotopic (exact) mass is 116 g/mol. The zero-order valence-corrected chi connectivity index (χ0v) is 6.06. The fourth-order valence-electron chi connectivity index (χ4n) is 0.0756. The van der Waals surface area contributed by atoms with Crippen LogP contribution >= 0.6 is 0 Å². The summed E-state index contributed by atoms with van der Waals surface area (Å²) in [6.45, 7) is -2.87. The first-order valence-electron chi connectivity index (χ1n) is 3.88. The van der Waals surface area contributed by atoms with E-state index in [-0.39, 0.29) is 29.6 Å². The third kappa shape index (κ3) is 10.7. The van der Waals surface area contributed by atoms with Gasteiger partial charge in [0, 0.05) is 42.8 Å². The van der Waals surface area contributed by atoms with Gasteiger partial charge in [0.2, 0.25) is 0 Å². The largest absolute Gasteiger partial charge is 0.481 e. The van der Waals surface area contributed by atoms with Gasteiger partial charge in [0.1, 0.15) is 0 Å². The van der Waals surface area contributed by atoms with Crippen molar-refractivity contribution in [1.29, 1.82) is 0 Å². The summed E-state index contributed by atoms with van der Waals surface area (Å²) in [5, 5.41) is 8.12. The molecule has 0 aromatic carbocycles. The molecule has 0 unspecified atom stereocenters. The second-order valence-corrected chi connectivity index (χ2v) is 0.747. The molecule has 0 saturated carbocycles. The van der Waals surface area contributed by atoms with E-state index in [2.05, 4.69) is 0 Å². The minimum atomic E-state index is -2.87. The Balaban J connectivity index is 0. The Morgan fingerprint density at radius 1 is 2.14 bits per heavy atom. The fourth-order valence-corrected chi connectivity index (χ4v) is 0.0756. The van der Waals surface area contributed by atoms with Gasteiger partial charge in [-0.2, -0.15) is 0 Å². The zero-order valence-electron chi connectivity index (χ0n) is 9.06. The van der Waals surface area contributed by atoms with Gasteiger partial charge in [0.25, 0.3) is 0 Å². The number of hydrogen-bond donors (Lipinski definition) is 1. The van der Waals surface area contributed by atoms with E-state index < -0.39 is 25.6 Å². The van der Waals surface area contributed by atoms with Gasteiger partial charge in [-0.15, -0.1) is 0 Å². The molecule has 0 aliphatic rings. The minimum absolute atomic E-state index is 0. The number of hydrogen-bond acceptors (Lipinski definition) is 1. The standard InChI is InChI=1S/C4H8O2.Na/c1-2-3-4(5)6;/h2-3H2,1H3,(H,5,6);/i1D3,2D2;. The molecule has 0 aliphatic carbocycles. The van der Waals surface area contributed by atoms with Crippen molar-refractivity contribution in [3.05, 3.63) is 0 Å². The summed E-state index contributed by atoms with van der Waals surface area (Å²) in [6.07, 6.45) is -3.64. The van der Waals surface area contributed by atoms with Crippen molar-refractivity contribution in [2.75, 3.05) is 0 Å². The maximum absolute atomic E-state index is 9.97. The molecule has 7 heavy (non-hydrogen) atoms. The molecule has 0 rings (SSSR count). The zero-order chi connectivity index (χ0) is 9.28. The summed E-state index contributed by atoms with van der Waals surface area (Å²) >= 11 is 0. The number of carbonyl (C=O) groups is 1. The molecule has 1 radical (unpaired) electrons. The van der Waals surface area contributed by atoms with Crippen LogP contribution in [0.1, 0.15) is 26.5 Å². The topological polar surface area (TPSA) is 37.3 Å². The fraction of sp³-hybridized carbons (Fsp3) is 0.750. The molecule has 0 atom stereocenters. The van der Waals surface area contributed by atoms with E-state index in [1.807, 2.05) is 0 Å². The normalized spacial score (nSPS) is 21.4. The van der Waals surface area contributed by atoms with E-state index in [4.69, 9.17) is 12.0 Å². The van der Waals surface area contributed by atoms with Crippen LogP contribution in [0.5, 0.6) is 0 Å². The van der Waals surface area contributed by atoms with E-state index in [1.54, 1.807) is 0 Å². The van der Waals surface area contributed by atoms with Crippen LogP contribution in [0.25, 0.3) is 0 Å². The summed E-state index contributed by atoms with van der Waals surface area (Å²) < 4.78 is 33.5. The molecule has 0 spiro atoms. The van der Waals surface area contributed by atoms with Crippen molar-refractivity contribution in [2.24, 2.45) is 0 Å². The second-order valence-electron chi connectivity index (χ2n) is 0.747. The molecular formula is C4H8NaO2. The molecule has 0 aliphatic heterocycles. The van der Waals surface area contributed by atoms with Crippen molar-refractivity contribution in [3.8, 4) is 0 Å². The molecule has 0 heterocycles. The minimum Gasteiger partial charge on any atom is -0.481 e. The molecule has 2 nitrogen and oxygen atoms in total. The summed E-state index contributed by atoms with van der Waals surface area (Å²) in [5.74, 6) is -1.45. The average molecular weight is 116 g/mol. The van der Waals surface area contributed by atoms with Crippen LogP contribution < -0.4 is 0 Å². The van der Waals surface area contributed by atoms with Gasteiger partial charge in [-0.3, -0.25) is 4.79 Å². The smallest absolute Gasteiger partial charge is 0.303 e. The van der Waals surface area contributed by atoms with Gasteiger partial charge in [0.05, 0.1) is 0 Å². The van der Waals surface area contributed by atoms with Crippen molar-refractivity contribution in [1.82, 2.24) is 0 Å². The summed E-state index contributed by atoms with van der Waals surface area (Å²) in [5.41, 5.74) is 0. The van der Waals surface area contributed by atoms with Crippen LogP contribution in [0.15, 0.2) is 0 Å². The molecule has 0 amide bonds. The molecule has 0 bridgehead atoms. The van der Waals surface area contributed by atoms with Crippen LogP contribution in [0.2, 0.25) is 0 Å². The van der Waals surface area contributed by atoms with Crippen molar-refractivity contribution >= 4 is 35.5 Å². The average Bonchev–Trinajstić information content (AvgIpc) is 1.56. The Bertz CT molecular complexity index is 165. The first-order chi connectivity index (χ1) is 4.67. The first kappa shape index (κ1) is 2.85. The molecule has 0 aromatic rings. The van der Waals surface area contributed by atoms with E-state index in [0.29, 0.717) is 0 Å². The van der Waals surface area contributed by atoms with E-state index >= 15 is 0 Å². The Morgan fingerprint density at radius 3 is 2.86 bits per heavy atom. The van der Waals surface area contributed by atoms with Gasteiger partial charge in [0.15, 0.2) is 0 Å². The van der Waals surface area contributed by atoms with E-state index in [1.165, 1.54) is 0 Å². The van der Waals surface area contributed by atoms with E-state index in [0.717, 1.165) is 0 Å². The maximum Gasteiger partial charge on any atom is 0.303 e. The van der Waals surface area contributed by atoms with Gasteiger partial charge in [-0.25, -0.2) is 0 Å². The Morgan fingerprint density at radius 2 is 2.71 bits per heavy atom. The van der Waals surface area contributed by atoms with Gasteiger partial charge < -0.3 is 5.11 Å². The Hall–Kier alpha value is 0.470. The van der Waals surface area contributed by atoms with Gasteiger partial charge in [-0.05, 0) is 6.37 Å². The summed E-state index contributed by atoms with van der Waals surface area (Å²) in [7, 11) is 0. The molecule has 37 valence electrons. The number of carboxylic acid groups (broad SMARTS) is 1. The predicted octanol–water partition coefficient (Wildman–Crippen LogP) is 0.490. The molecule has 0 fully saturated rings. The van der Waals surface area contributed by atoms with Crippen LogP contribution in [0.4, 0.5) is 0 Å². The second kappa shape index (κ2) is 6.47. The number of carboxylic acids is 1. The maximum atomic E-state index is 9.97. The molecule has 3 heteroatoms. The van der Waals surface area contributed by atoms with Crippen molar-refractivity contribution in [2.45, 2.75) is 19.6 Å². The molecular weight excluding hydrogens is 103 g/mol. The van der Waals surface area contributed by atoms with Crippen LogP contribution in [0.3, 0.4) is 0 Å². The molecule has 0 saturated heterocycles. The Kier molecular flexibility index (Phi) is 2.64. The Labute approximate surface area is 72.2 Å². The van der Waals surface area contributed by atoms with Crippen molar-refractivity contribution in [3.63, 3.8) is 0 Å². The van der Waals surface area contributed by atoms with Gasteiger partial charge in [-0.1, -0.05) is 6.85 Å². The third-order valence-electron chi connectivity index (χ3n) is 0.240. The van der Waals surface area contributed by atoms with Gasteiger partial charge >= 0.3 is 5.97 Å². The third-order valence-corrected chi connectivity index (χ3v) is 0.240. The van der Waals surface area contributed by atoms with Crippen molar-refractivity contribution < 1.29 is 16.8 Å². The number of aliphatic carboxylic acids is 1. The molecule has 0 aromatic heterocycles. The first-order valence-corrected chi connectivity index (χ1v) is 1.38. The van der Waals surface area contributed by atoms with Crippen LogP contribution in [-0.2, 0) is 4.79 Å². The van der Waals surface area contributed by atoms with Crippen LogP contribution in [0, 0.1) is 0 Å². The number of rotatable bonds is 2. The summed E-state index contributed by atoms with van der Waals surface area (Å²) in [4.78, 5) is 9.97.